The van der Waals surface area contributed by atoms with Crippen molar-refractivity contribution in [1.29, 1.82) is 0 Å². The Balaban J connectivity index is 2.54. The van der Waals surface area contributed by atoms with Crippen LogP contribution in [-0.4, -0.2) is 64.7 Å². The maximum atomic E-state index is 11.8. The maximum Gasteiger partial charge on any atom is 0.303 e. The molecule has 1 fully saturated rings. The van der Waals surface area contributed by atoms with E-state index in [0.717, 1.165) is 0 Å². The number of ether oxygens (including phenoxy) is 5. The van der Waals surface area contributed by atoms with Crippen LogP contribution in [0.2, 0.25) is 0 Å². The first-order valence-electron chi connectivity index (χ1n) is 9.32. The van der Waals surface area contributed by atoms with Crippen LogP contribution in [0.25, 0.3) is 0 Å². The Morgan fingerprint density at radius 2 is 1.43 bits per heavy atom. The van der Waals surface area contributed by atoms with Crippen LogP contribution in [-0.2, 0) is 42.9 Å². The number of nitrogens with zero attached hydrogens (tertiary/aromatic N) is 2. The van der Waals surface area contributed by atoms with Crippen LogP contribution < -0.4 is 0 Å². The Kier molecular flexibility index (Phi) is 7.54. The van der Waals surface area contributed by atoms with Gasteiger partial charge in [-0.1, -0.05) is 0 Å². The Bertz CT molecular complexity index is 819. The third-order valence-electron chi connectivity index (χ3n) is 4.25. The monoisotopic (exact) mass is 426 g/mol. The van der Waals surface area contributed by atoms with E-state index < -0.39 is 54.5 Å². The van der Waals surface area contributed by atoms with E-state index in [-0.39, 0.29) is 6.61 Å². The molecule has 30 heavy (non-hydrogen) atoms. The van der Waals surface area contributed by atoms with Gasteiger partial charge in [-0.25, -0.2) is 4.68 Å². The fourth-order valence-corrected chi connectivity index (χ4v) is 3.31. The summed E-state index contributed by atoms with van der Waals surface area (Å²) in [6, 6.07) is 1.79. The summed E-state index contributed by atoms with van der Waals surface area (Å²) in [5, 5.41) is 4.37. The van der Waals surface area contributed by atoms with Crippen LogP contribution >= 0.6 is 0 Å². The molecule has 2 heterocycles. The number of aryl methyl sites for hydroxylation is 2. The van der Waals surface area contributed by atoms with E-state index in [2.05, 4.69) is 5.10 Å². The Labute approximate surface area is 173 Å². The standard InChI is InChI=1S/C19H26N2O9/c1-9-7-10(2)21(20-9)19-18(29-14(6)25)17(28-13(5)24)16(27-12(4)23)15(30-19)8-26-11(3)22/h7,15-19H,8H2,1-6H3/t15-,16-,17+,18-,19-/m1/s1. The van der Waals surface area contributed by atoms with Gasteiger partial charge < -0.3 is 23.7 Å². The van der Waals surface area contributed by atoms with Crippen molar-refractivity contribution in [3.8, 4) is 0 Å². The van der Waals surface area contributed by atoms with Gasteiger partial charge in [-0.2, -0.15) is 5.10 Å². The van der Waals surface area contributed by atoms with Crippen LogP contribution in [0.4, 0.5) is 0 Å². The number of hydrogen-bond donors (Lipinski definition) is 0. The third kappa shape index (κ3) is 5.78. The Morgan fingerprint density at radius 1 is 0.900 bits per heavy atom. The minimum atomic E-state index is -1.22. The van der Waals surface area contributed by atoms with Crippen molar-refractivity contribution >= 4 is 23.9 Å². The quantitative estimate of drug-likeness (QED) is 0.474. The molecule has 11 nitrogen and oxygen atoms in total. The van der Waals surface area contributed by atoms with Gasteiger partial charge >= 0.3 is 23.9 Å². The molecule has 2 rings (SSSR count). The molecule has 0 N–H and O–H groups in total. The molecule has 1 aliphatic heterocycles. The van der Waals surface area contributed by atoms with Crippen LogP contribution in [0.5, 0.6) is 0 Å². The molecule has 5 atom stereocenters. The highest BCUT2D eigenvalue weighted by Crippen LogP contribution is 2.35. The van der Waals surface area contributed by atoms with E-state index in [1.807, 2.05) is 0 Å². The topological polar surface area (TPSA) is 132 Å². The molecule has 0 radical (unpaired) electrons. The molecule has 166 valence electrons. The molecule has 11 heteroatoms. The van der Waals surface area contributed by atoms with Crippen molar-refractivity contribution in [2.45, 2.75) is 72.2 Å². The largest absolute Gasteiger partial charge is 0.463 e. The summed E-state index contributed by atoms with van der Waals surface area (Å²) in [6.07, 6.45) is -5.63. The highest BCUT2D eigenvalue weighted by molar-refractivity contribution is 5.68. The summed E-state index contributed by atoms with van der Waals surface area (Å²) in [5.41, 5.74) is 1.37. The van der Waals surface area contributed by atoms with E-state index in [9.17, 15) is 19.2 Å². The average molecular weight is 426 g/mol. The summed E-state index contributed by atoms with van der Waals surface area (Å²) < 4.78 is 28.7. The zero-order valence-electron chi connectivity index (χ0n) is 17.7. The van der Waals surface area contributed by atoms with Gasteiger partial charge in [0.1, 0.15) is 12.7 Å². The van der Waals surface area contributed by atoms with Gasteiger partial charge in [-0.3, -0.25) is 19.2 Å². The van der Waals surface area contributed by atoms with Crippen LogP contribution in [0.3, 0.4) is 0 Å². The van der Waals surface area contributed by atoms with Gasteiger partial charge in [0.05, 0.1) is 5.69 Å². The molecule has 0 amide bonds. The lowest BCUT2D eigenvalue weighted by Gasteiger charge is -2.44. The summed E-state index contributed by atoms with van der Waals surface area (Å²) in [5.74, 6) is -2.60. The van der Waals surface area contributed by atoms with Crippen LogP contribution in [0.15, 0.2) is 6.07 Å². The number of aromatic nitrogens is 2. The van der Waals surface area contributed by atoms with E-state index >= 15 is 0 Å². The number of rotatable bonds is 6. The van der Waals surface area contributed by atoms with Crippen LogP contribution in [0, 0.1) is 13.8 Å². The molecule has 0 bridgehead atoms. The number of carbonyl (C=O) groups is 4. The Hall–Kier alpha value is -2.95. The van der Waals surface area contributed by atoms with Crippen molar-refractivity contribution in [1.82, 2.24) is 9.78 Å². The minimum Gasteiger partial charge on any atom is -0.463 e. The summed E-state index contributed by atoms with van der Waals surface area (Å²) >= 11 is 0. The van der Waals surface area contributed by atoms with Gasteiger partial charge in [0, 0.05) is 33.4 Å². The van der Waals surface area contributed by atoms with Gasteiger partial charge in [0.2, 0.25) is 0 Å². The lowest BCUT2D eigenvalue weighted by Crippen LogP contribution is -2.60. The minimum absolute atomic E-state index is 0.284. The maximum absolute atomic E-state index is 11.8. The highest BCUT2D eigenvalue weighted by atomic mass is 16.7. The molecule has 1 saturated heterocycles. The molecule has 0 aliphatic carbocycles. The Morgan fingerprint density at radius 3 is 1.90 bits per heavy atom. The second-order valence-corrected chi connectivity index (χ2v) is 6.96. The van der Waals surface area contributed by atoms with Crippen LogP contribution in [0.1, 0.15) is 45.3 Å². The van der Waals surface area contributed by atoms with E-state index in [4.69, 9.17) is 23.7 Å². The molecule has 1 aliphatic rings. The second-order valence-electron chi connectivity index (χ2n) is 6.96. The van der Waals surface area contributed by atoms with Gasteiger partial charge in [-0.05, 0) is 19.9 Å². The predicted molar refractivity (Wildman–Crippen MR) is 98.9 cm³/mol. The van der Waals surface area contributed by atoms with Gasteiger partial charge in [-0.15, -0.1) is 0 Å². The van der Waals surface area contributed by atoms with Crippen molar-refractivity contribution in [3.63, 3.8) is 0 Å². The first kappa shape index (κ1) is 23.3. The average Bonchev–Trinajstić information content (AvgIpc) is 2.93. The summed E-state index contributed by atoms with van der Waals surface area (Å²) in [4.78, 5) is 46.7. The number of esters is 4. The SMILES string of the molecule is CC(=O)OC[C@H]1O[C@@H](n2nc(C)cc2C)[C@H](OC(C)=O)[C@@H](OC(C)=O)[C@@H]1OC(C)=O. The first-order valence-corrected chi connectivity index (χ1v) is 9.32. The van der Waals surface area contributed by atoms with E-state index in [1.54, 1.807) is 19.9 Å². The molecule has 0 saturated carbocycles. The number of hydrogen-bond acceptors (Lipinski definition) is 10. The molecular formula is C19H26N2O9. The molecule has 0 aromatic carbocycles. The zero-order valence-corrected chi connectivity index (χ0v) is 17.7. The summed E-state index contributed by atoms with van der Waals surface area (Å²) in [7, 11) is 0. The van der Waals surface area contributed by atoms with Crippen molar-refractivity contribution in [2.75, 3.05) is 6.61 Å². The third-order valence-corrected chi connectivity index (χ3v) is 4.25. The molecule has 0 spiro atoms. The normalized spacial score (nSPS) is 25.9. The lowest BCUT2D eigenvalue weighted by atomic mass is 9.97. The number of carbonyl (C=O) groups excluding carboxylic acids is 4. The van der Waals surface area contributed by atoms with Crippen molar-refractivity contribution in [2.24, 2.45) is 0 Å². The van der Waals surface area contributed by atoms with Gasteiger partial charge in [0.25, 0.3) is 0 Å². The van der Waals surface area contributed by atoms with E-state index in [1.165, 1.54) is 32.4 Å². The summed E-state index contributed by atoms with van der Waals surface area (Å²) in [6.45, 7) is 8.00. The second kappa shape index (κ2) is 9.70. The predicted octanol–water partition coefficient (Wildman–Crippen LogP) is 0.756. The lowest BCUT2D eigenvalue weighted by molar-refractivity contribution is -0.270. The molecule has 1 aromatic heterocycles. The van der Waals surface area contributed by atoms with Crippen molar-refractivity contribution in [3.05, 3.63) is 17.5 Å². The zero-order chi connectivity index (χ0) is 22.6. The molecule has 0 unspecified atom stereocenters. The fourth-order valence-electron chi connectivity index (χ4n) is 3.31. The fraction of sp³-hybridized carbons (Fsp3) is 0.632. The molecule has 1 aromatic rings. The molecular weight excluding hydrogens is 400 g/mol. The smallest absolute Gasteiger partial charge is 0.303 e. The first-order chi connectivity index (χ1) is 14.0. The van der Waals surface area contributed by atoms with Gasteiger partial charge in [0.15, 0.2) is 24.5 Å². The highest BCUT2D eigenvalue weighted by Gasteiger charge is 2.53. The van der Waals surface area contributed by atoms with E-state index in [0.29, 0.717) is 11.4 Å². The van der Waals surface area contributed by atoms with Crippen molar-refractivity contribution < 1.29 is 42.9 Å².